The highest BCUT2D eigenvalue weighted by Gasteiger charge is 2.14. The van der Waals surface area contributed by atoms with Crippen molar-refractivity contribution in [3.05, 3.63) is 59.3 Å². The number of nitrogens with one attached hydrogen (secondary N) is 1. The monoisotopic (exact) mass is 334 g/mol. The van der Waals surface area contributed by atoms with Gasteiger partial charge in [-0.1, -0.05) is 23.7 Å². The van der Waals surface area contributed by atoms with Gasteiger partial charge in [0.2, 0.25) is 0 Å². The molecule has 0 saturated heterocycles. The fraction of sp³-hybridized carbons (Fsp3) is 0. The van der Waals surface area contributed by atoms with Gasteiger partial charge >= 0.3 is 6.09 Å². The van der Waals surface area contributed by atoms with Gasteiger partial charge in [0.1, 0.15) is 17.5 Å². The maximum atomic E-state index is 14.0. The van der Waals surface area contributed by atoms with Gasteiger partial charge in [0.25, 0.3) is 0 Å². The van der Waals surface area contributed by atoms with Crippen molar-refractivity contribution in [2.75, 3.05) is 5.32 Å². The van der Waals surface area contributed by atoms with Gasteiger partial charge in [-0.15, -0.1) is 0 Å². The predicted octanol–water partition coefficient (Wildman–Crippen LogP) is 4.92. The van der Waals surface area contributed by atoms with E-state index >= 15 is 0 Å². The number of hydrogen-bond donors (Lipinski definition) is 2. The SMILES string of the molecule is O=C(O)Nc1cc2ccc(-c3c(F)ccc(F)c3Cl)cc2cn1. The molecule has 23 heavy (non-hydrogen) atoms. The molecular weight excluding hydrogens is 326 g/mol. The average Bonchev–Trinajstić information content (AvgIpc) is 2.51. The predicted molar refractivity (Wildman–Crippen MR) is 83.8 cm³/mol. The number of nitrogens with zero attached hydrogens (tertiary/aromatic N) is 1. The first-order valence-electron chi connectivity index (χ1n) is 6.49. The van der Waals surface area contributed by atoms with Gasteiger partial charge in [0.05, 0.1) is 5.02 Å². The molecule has 0 aliphatic carbocycles. The Morgan fingerprint density at radius 1 is 1.09 bits per heavy atom. The van der Waals surface area contributed by atoms with Crippen molar-refractivity contribution in [1.29, 1.82) is 0 Å². The van der Waals surface area contributed by atoms with Crippen LogP contribution in [0.15, 0.2) is 42.6 Å². The van der Waals surface area contributed by atoms with Crippen LogP contribution >= 0.6 is 11.6 Å². The van der Waals surface area contributed by atoms with Gasteiger partial charge in [0.15, 0.2) is 0 Å². The molecule has 7 heteroatoms. The highest BCUT2D eigenvalue weighted by atomic mass is 35.5. The molecule has 3 aromatic rings. The zero-order valence-corrected chi connectivity index (χ0v) is 12.2. The summed E-state index contributed by atoms with van der Waals surface area (Å²) in [4.78, 5) is 14.6. The van der Waals surface area contributed by atoms with Crippen LogP contribution < -0.4 is 5.32 Å². The van der Waals surface area contributed by atoms with E-state index in [4.69, 9.17) is 16.7 Å². The van der Waals surface area contributed by atoms with E-state index in [0.717, 1.165) is 12.1 Å². The first-order valence-corrected chi connectivity index (χ1v) is 6.87. The molecule has 0 aliphatic heterocycles. The molecule has 2 N–H and O–H groups in total. The van der Waals surface area contributed by atoms with Crippen molar-refractivity contribution in [1.82, 2.24) is 4.98 Å². The Labute approximate surface area is 134 Å². The van der Waals surface area contributed by atoms with Crippen molar-refractivity contribution < 1.29 is 18.7 Å². The molecule has 0 fully saturated rings. The Kier molecular flexibility index (Phi) is 3.83. The van der Waals surface area contributed by atoms with Crippen LogP contribution in [-0.4, -0.2) is 16.2 Å². The Balaban J connectivity index is 2.11. The van der Waals surface area contributed by atoms with Gasteiger partial charge in [-0.25, -0.2) is 18.6 Å². The molecule has 1 heterocycles. The number of carbonyl (C=O) groups is 1. The van der Waals surface area contributed by atoms with Crippen LogP contribution in [-0.2, 0) is 0 Å². The summed E-state index contributed by atoms with van der Waals surface area (Å²) in [5.74, 6) is -1.16. The van der Waals surface area contributed by atoms with Crippen LogP contribution in [0.5, 0.6) is 0 Å². The van der Waals surface area contributed by atoms with Crippen LogP contribution in [0.25, 0.3) is 21.9 Å². The molecule has 0 aliphatic rings. The van der Waals surface area contributed by atoms with E-state index < -0.39 is 17.7 Å². The zero-order valence-electron chi connectivity index (χ0n) is 11.5. The summed E-state index contributed by atoms with van der Waals surface area (Å²) in [6.07, 6.45) is 0.219. The molecule has 1 amide bonds. The van der Waals surface area contributed by atoms with Crippen LogP contribution in [0.3, 0.4) is 0 Å². The first kappa shape index (κ1) is 15.2. The molecule has 0 bridgehead atoms. The lowest BCUT2D eigenvalue weighted by molar-refractivity contribution is 0.209. The molecule has 0 saturated carbocycles. The first-order chi connectivity index (χ1) is 11.0. The number of carboxylic acid groups (broad SMARTS) is 1. The van der Waals surface area contributed by atoms with E-state index in [-0.39, 0.29) is 16.4 Å². The number of benzene rings is 2. The molecule has 116 valence electrons. The third-order valence-electron chi connectivity index (χ3n) is 3.29. The number of hydrogen-bond acceptors (Lipinski definition) is 2. The average molecular weight is 335 g/mol. The number of rotatable bonds is 2. The Hall–Kier alpha value is -2.73. The summed E-state index contributed by atoms with van der Waals surface area (Å²) in [6.45, 7) is 0. The molecular formula is C16H9ClF2N2O2. The summed E-state index contributed by atoms with van der Waals surface area (Å²) >= 11 is 5.86. The van der Waals surface area contributed by atoms with Crippen LogP contribution in [0.1, 0.15) is 0 Å². The van der Waals surface area contributed by atoms with Crippen LogP contribution in [0.2, 0.25) is 5.02 Å². The topological polar surface area (TPSA) is 62.2 Å². The second-order valence-electron chi connectivity index (χ2n) is 4.78. The van der Waals surface area contributed by atoms with Gasteiger partial charge < -0.3 is 5.11 Å². The third kappa shape index (κ3) is 2.93. The van der Waals surface area contributed by atoms with E-state index in [1.165, 1.54) is 12.3 Å². The Morgan fingerprint density at radius 2 is 1.83 bits per heavy atom. The Morgan fingerprint density at radius 3 is 2.57 bits per heavy atom. The van der Waals surface area contributed by atoms with Crippen molar-refractivity contribution in [3.8, 4) is 11.1 Å². The molecule has 3 rings (SSSR count). The van der Waals surface area contributed by atoms with E-state index in [0.29, 0.717) is 16.3 Å². The largest absolute Gasteiger partial charge is 0.465 e. The van der Waals surface area contributed by atoms with Gasteiger partial charge in [0, 0.05) is 17.1 Å². The lowest BCUT2D eigenvalue weighted by Crippen LogP contribution is -2.08. The van der Waals surface area contributed by atoms with E-state index in [1.54, 1.807) is 18.2 Å². The normalized spacial score (nSPS) is 10.7. The van der Waals surface area contributed by atoms with Crippen molar-refractivity contribution >= 4 is 34.3 Å². The number of aromatic nitrogens is 1. The van der Waals surface area contributed by atoms with Gasteiger partial charge in [-0.05, 0) is 35.2 Å². The standard InChI is InChI=1S/C16H9ClF2N2O2/c17-15-12(19)4-3-11(18)14(15)9-2-1-8-6-13(21-16(22)23)20-7-10(8)5-9/h1-7H,(H,20,21)(H,22,23). The molecule has 2 aromatic carbocycles. The minimum Gasteiger partial charge on any atom is -0.465 e. The lowest BCUT2D eigenvalue weighted by Gasteiger charge is -2.09. The van der Waals surface area contributed by atoms with E-state index in [1.807, 2.05) is 0 Å². The molecule has 0 atom stereocenters. The highest BCUT2D eigenvalue weighted by Crippen LogP contribution is 2.34. The van der Waals surface area contributed by atoms with Crippen molar-refractivity contribution in [2.45, 2.75) is 0 Å². The zero-order chi connectivity index (χ0) is 16.6. The molecule has 0 radical (unpaired) electrons. The lowest BCUT2D eigenvalue weighted by atomic mass is 10.0. The smallest absolute Gasteiger partial charge is 0.410 e. The second kappa shape index (κ2) is 5.81. The number of halogens is 3. The van der Waals surface area contributed by atoms with Gasteiger partial charge in [-0.3, -0.25) is 5.32 Å². The third-order valence-corrected chi connectivity index (χ3v) is 3.66. The summed E-state index contributed by atoms with van der Waals surface area (Å²) < 4.78 is 27.5. The maximum Gasteiger partial charge on any atom is 0.410 e. The number of amides is 1. The number of pyridine rings is 1. The summed E-state index contributed by atoms with van der Waals surface area (Å²) in [7, 11) is 0. The van der Waals surface area contributed by atoms with Crippen LogP contribution in [0, 0.1) is 11.6 Å². The van der Waals surface area contributed by atoms with Crippen molar-refractivity contribution in [3.63, 3.8) is 0 Å². The minimum absolute atomic E-state index is 0.0266. The molecule has 0 spiro atoms. The second-order valence-corrected chi connectivity index (χ2v) is 5.16. The molecule has 4 nitrogen and oxygen atoms in total. The molecule has 1 aromatic heterocycles. The van der Waals surface area contributed by atoms with Gasteiger partial charge in [-0.2, -0.15) is 0 Å². The van der Waals surface area contributed by atoms with Crippen molar-refractivity contribution in [2.24, 2.45) is 0 Å². The van der Waals surface area contributed by atoms with E-state index in [9.17, 15) is 13.6 Å². The maximum absolute atomic E-state index is 14.0. The summed E-state index contributed by atoms with van der Waals surface area (Å²) in [5, 5.41) is 11.9. The number of anilines is 1. The fourth-order valence-electron chi connectivity index (χ4n) is 2.27. The minimum atomic E-state index is -1.22. The number of fused-ring (bicyclic) bond motifs is 1. The Bertz CT molecular complexity index is 931. The summed E-state index contributed by atoms with van der Waals surface area (Å²) in [6, 6.07) is 8.36. The quantitative estimate of drug-likeness (QED) is 0.654. The van der Waals surface area contributed by atoms with Crippen LogP contribution in [0.4, 0.5) is 19.4 Å². The highest BCUT2D eigenvalue weighted by molar-refractivity contribution is 6.33. The molecule has 0 unspecified atom stereocenters. The van der Waals surface area contributed by atoms with E-state index in [2.05, 4.69) is 10.3 Å². The summed E-state index contributed by atoms with van der Waals surface area (Å²) in [5.41, 5.74) is 0.376. The fourth-order valence-corrected chi connectivity index (χ4v) is 2.53.